The third-order valence-corrected chi connectivity index (χ3v) is 9.99. The van der Waals surface area contributed by atoms with Gasteiger partial charge in [-0.25, -0.2) is 16.8 Å². The van der Waals surface area contributed by atoms with E-state index in [1.807, 2.05) is 27.7 Å². The van der Waals surface area contributed by atoms with Crippen LogP contribution in [0.15, 0.2) is 46.2 Å². The number of benzene rings is 2. The summed E-state index contributed by atoms with van der Waals surface area (Å²) in [6, 6.07) is 9.25. The van der Waals surface area contributed by atoms with Crippen molar-refractivity contribution < 1.29 is 16.8 Å². The highest BCUT2D eigenvalue weighted by atomic mass is 32.2. The van der Waals surface area contributed by atoms with Crippen LogP contribution in [-0.2, 0) is 20.0 Å². The lowest BCUT2D eigenvalue weighted by Gasteiger charge is -2.42. The van der Waals surface area contributed by atoms with E-state index in [9.17, 15) is 16.8 Å². The van der Waals surface area contributed by atoms with Crippen LogP contribution in [0.5, 0.6) is 0 Å². The van der Waals surface area contributed by atoms with Crippen molar-refractivity contribution in [3.63, 3.8) is 0 Å². The highest BCUT2D eigenvalue weighted by molar-refractivity contribution is 7.89. The topological polar surface area (TPSA) is 74.8 Å². The van der Waals surface area contributed by atoms with Crippen LogP contribution in [-0.4, -0.2) is 50.6 Å². The lowest BCUT2D eigenvalue weighted by atomic mass is 10.1. The van der Waals surface area contributed by atoms with E-state index in [-0.39, 0.29) is 22.9 Å². The number of nitrogens with zero attached hydrogens (tertiary/aromatic N) is 2. The normalized spacial score (nSPS) is 21.7. The summed E-state index contributed by atoms with van der Waals surface area (Å²) in [5, 5.41) is 0. The fourth-order valence-electron chi connectivity index (χ4n) is 3.75. The van der Waals surface area contributed by atoms with Crippen molar-refractivity contribution in [2.24, 2.45) is 0 Å². The van der Waals surface area contributed by atoms with Crippen LogP contribution in [0.3, 0.4) is 0 Å². The van der Waals surface area contributed by atoms with Crippen LogP contribution >= 0.6 is 0 Å². The van der Waals surface area contributed by atoms with Crippen molar-refractivity contribution in [1.29, 1.82) is 0 Å². The smallest absolute Gasteiger partial charge is 0.207 e. The summed E-state index contributed by atoms with van der Waals surface area (Å²) < 4.78 is 55.9. The zero-order valence-electron chi connectivity index (χ0n) is 18.4. The van der Waals surface area contributed by atoms with Gasteiger partial charge in [-0.2, -0.15) is 8.61 Å². The second kappa shape index (κ2) is 8.07. The van der Waals surface area contributed by atoms with E-state index in [0.29, 0.717) is 0 Å². The monoisotopic (exact) mass is 450 g/mol. The number of hydrogen-bond acceptors (Lipinski definition) is 4. The van der Waals surface area contributed by atoms with E-state index in [0.717, 1.165) is 22.3 Å². The number of aryl methyl sites for hydroxylation is 4. The first-order valence-corrected chi connectivity index (χ1v) is 12.9. The molecule has 30 heavy (non-hydrogen) atoms. The molecule has 0 bridgehead atoms. The van der Waals surface area contributed by atoms with Gasteiger partial charge in [0.15, 0.2) is 0 Å². The second-order valence-corrected chi connectivity index (χ2v) is 12.1. The molecule has 6 nitrogen and oxygen atoms in total. The van der Waals surface area contributed by atoms with Crippen molar-refractivity contribution in [1.82, 2.24) is 8.61 Å². The molecule has 2 atom stereocenters. The Balaban J connectivity index is 1.91. The van der Waals surface area contributed by atoms with Crippen molar-refractivity contribution in [3.05, 3.63) is 58.7 Å². The Kier molecular flexibility index (Phi) is 6.17. The molecule has 0 N–H and O–H groups in total. The lowest BCUT2D eigenvalue weighted by molar-refractivity contribution is 0.163. The molecule has 3 rings (SSSR count). The minimum atomic E-state index is -3.72. The Morgan fingerprint density at radius 1 is 0.633 bits per heavy atom. The summed E-state index contributed by atoms with van der Waals surface area (Å²) in [6.07, 6.45) is 0. The van der Waals surface area contributed by atoms with Gasteiger partial charge in [-0.15, -0.1) is 0 Å². The molecule has 1 fully saturated rings. The molecular weight excluding hydrogens is 420 g/mol. The van der Waals surface area contributed by atoms with Crippen LogP contribution in [0.1, 0.15) is 36.1 Å². The Morgan fingerprint density at radius 2 is 0.967 bits per heavy atom. The maximum Gasteiger partial charge on any atom is 0.243 e. The van der Waals surface area contributed by atoms with E-state index < -0.39 is 32.1 Å². The molecule has 1 saturated heterocycles. The maximum atomic E-state index is 13.3. The van der Waals surface area contributed by atoms with Gasteiger partial charge >= 0.3 is 0 Å². The van der Waals surface area contributed by atoms with Gasteiger partial charge in [0.25, 0.3) is 0 Å². The summed E-state index contributed by atoms with van der Waals surface area (Å²) in [5.74, 6) is 0. The van der Waals surface area contributed by atoms with E-state index in [1.54, 1.807) is 50.2 Å². The molecule has 0 aromatic heterocycles. The molecule has 0 aliphatic carbocycles. The molecule has 0 saturated carbocycles. The molecule has 0 radical (unpaired) electrons. The van der Waals surface area contributed by atoms with Crippen molar-refractivity contribution >= 4 is 20.0 Å². The summed E-state index contributed by atoms with van der Waals surface area (Å²) in [6.45, 7) is 11.4. The van der Waals surface area contributed by atoms with Gasteiger partial charge in [-0.1, -0.05) is 12.1 Å². The Hall–Kier alpha value is -1.74. The predicted molar refractivity (Wildman–Crippen MR) is 119 cm³/mol. The number of piperazine rings is 1. The molecule has 2 aromatic rings. The van der Waals surface area contributed by atoms with E-state index in [4.69, 9.17) is 0 Å². The van der Waals surface area contributed by atoms with E-state index in [1.165, 1.54) is 8.61 Å². The Morgan fingerprint density at radius 3 is 1.27 bits per heavy atom. The van der Waals surface area contributed by atoms with Gasteiger partial charge in [0, 0.05) is 25.2 Å². The Bertz CT molecular complexity index is 1080. The molecule has 2 aromatic carbocycles. The zero-order valence-corrected chi connectivity index (χ0v) is 20.0. The fraction of sp³-hybridized carbons (Fsp3) is 0.455. The quantitative estimate of drug-likeness (QED) is 0.716. The fourth-order valence-corrected chi connectivity index (χ4v) is 7.33. The minimum Gasteiger partial charge on any atom is -0.207 e. The lowest BCUT2D eigenvalue weighted by Crippen LogP contribution is -2.59. The van der Waals surface area contributed by atoms with Gasteiger partial charge in [-0.3, -0.25) is 0 Å². The summed E-state index contributed by atoms with van der Waals surface area (Å²) in [4.78, 5) is 0.491. The zero-order chi connectivity index (χ0) is 22.4. The van der Waals surface area contributed by atoms with Gasteiger partial charge in [-0.05, 0) is 88.1 Å². The molecule has 0 unspecified atom stereocenters. The third-order valence-electron chi connectivity index (χ3n) is 6.04. The average molecular weight is 451 g/mol. The summed E-state index contributed by atoms with van der Waals surface area (Å²) in [7, 11) is -7.43. The molecule has 8 heteroatoms. The molecule has 0 amide bonds. The number of sulfonamides is 2. The Labute approximate surface area is 180 Å². The summed E-state index contributed by atoms with van der Waals surface area (Å²) >= 11 is 0. The van der Waals surface area contributed by atoms with Gasteiger partial charge in [0.1, 0.15) is 0 Å². The predicted octanol–water partition coefficient (Wildman–Crippen LogP) is 3.39. The van der Waals surface area contributed by atoms with Crippen LogP contribution in [0.2, 0.25) is 0 Å². The number of hydrogen-bond donors (Lipinski definition) is 0. The molecular formula is C22H30N2O4S2. The average Bonchev–Trinajstić information content (AvgIpc) is 2.67. The largest absolute Gasteiger partial charge is 0.243 e. The first-order valence-electron chi connectivity index (χ1n) is 10.0. The van der Waals surface area contributed by atoms with Gasteiger partial charge in [0.05, 0.1) is 9.79 Å². The van der Waals surface area contributed by atoms with Crippen molar-refractivity contribution in [2.75, 3.05) is 13.1 Å². The van der Waals surface area contributed by atoms with Crippen molar-refractivity contribution in [2.45, 2.75) is 63.4 Å². The molecule has 164 valence electrons. The molecule has 1 heterocycles. The first-order chi connectivity index (χ1) is 13.9. The van der Waals surface area contributed by atoms with Crippen LogP contribution in [0.25, 0.3) is 0 Å². The van der Waals surface area contributed by atoms with Crippen LogP contribution in [0.4, 0.5) is 0 Å². The van der Waals surface area contributed by atoms with Crippen LogP contribution < -0.4 is 0 Å². The standard InChI is InChI=1S/C22H30N2O4S2/c1-15-7-9-21(11-17(15)3)29(25,26)23-13-20(6)24(14-19(23)5)30(27,28)22-10-8-16(2)18(4)12-22/h7-12,19-20H,13-14H2,1-6H3/t19-,20-/m1/s1. The highest BCUT2D eigenvalue weighted by Crippen LogP contribution is 2.29. The van der Waals surface area contributed by atoms with E-state index >= 15 is 0 Å². The maximum absolute atomic E-state index is 13.3. The van der Waals surface area contributed by atoms with Gasteiger partial charge < -0.3 is 0 Å². The second-order valence-electron chi connectivity index (χ2n) is 8.34. The third kappa shape index (κ3) is 4.06. The first kappa shape index (κ1) is 22.9. The SMILES string of the molecule is Cc1ccc(S(=O)(=O)N2C[C@@H](C)N(S(=O)(=O)c3ccc(C)c(C)c3)C[C@H]2C)cc1C. The molecule has 0 spiro atoms. The highest BCUT2D eigenvalue weighted by Gasteiger charge is 2.41. The number of rotatable bonds is 4. The van der Waals surface area contributed by atoms with Crippen LogP contribution in [0, 0.1) is 27.7 Å². The minimum absolute atomic E-state index is 0.112. The van der Waals surface area contributed by atoms with Crippen molar-refractivity contribution in [3.8, 4) is 0 Å². The summed E-state index contributed by atoms with van der Waals surface area (Å²) in [5.41, 5.74) is 3.87. The molecule has 1 aliphatic rings. The van der Waals surface area contributed by atoms with E-state index in [2.05, 4.69) is 0 Å². The van der Waals surface area contributed by atoms with Gasteiger partial charge in [0.2, 0.25) is 20.0 Å². The molecule has 1 aliphatic heterocycles.